The van der Waals surface area contributed by atoms with Gasteiger partial charge in [-0.05, 0) is 233 Å². The van der Waals surface area contributed by atoms with E-state index in [0.717, 1.165) is 0 Å². The standard InChI is InChI=1S/C80H44/c1-5-17-45(18-6-1)52-27-13-14-28-53(52)77-71-44-69-55-30-16-26-48-25-15-29-54(72(48)55)68(69)43-70(71)73(49-23-11-4-12-24-49)79-62-37-35-58-56-31-33-60-66-41-50-39-64(46-19-7-2-8-20-46)65(47-21-9-3-10-22-47)40-51(50)42-67(66)61-34-32-57(74(56)76(60)61)59-36-38-63(80(77)79)78(62)75(58)59/h1-44H. The molecule has 0 spiro atoms. The van der Waals surface area contributed by atoms with Crippen LogP contribution in [0.3, 0.4) is 0 Å². The zero-order valence-electron chi connectivity index (χ0n) is 43.4. The monoisotopic (exact) mass is 1000 g/mol. The molecule has 0 radical (unpaired) electrons. The average Bonchev–Trinajstić information content (AvgIpc) is 4.18. The molecule has 1 aliphatic rings. The molecular weight excluding hydrogens is 961 g/mol. The summed E-state index contributed by atoms with van der Waals surface area (Å²) in [6.07, 6.45) is 0. The molecular formula is C80H44. The highest BCUT2D eigenvalue weighted by molar-refractivity contribution is 6.48. The Kier molecular flexibility index (Phi) is 8.34. The van der Waals surface area contributed by atoms with Gasteiger partial charge >= 0.3 is 0 Å². The summed E-state index contributed by atoms with van der Waals surface area (Å²) in [4.78, 5) is 0. The maximum absolute atomic E-state index is 2.56. The molecule has 364 valence electrons. The highest BCUT2D eigenvalue weighted by Crippen LogP contribution is 2.58. The van der Waals surface area contributed by atoms with Gasteiger partial charge in [0.15, 0.2) is 0 Å². The minimum Gasteiger partial charge on any atom is -0.0622 e. The number of benzene rings is 16. The summed E-state index contributed by atoms with van der Waals surface area (Å²) in [5.74, 6) is 0. The van der Waals surface area contributed by atoms with Crippen molar-refractivity contribution < 1.29 is 0 Å². The van der Waals surface area contributed by atoms with Gasteiger partial charge in [-0.2, -0.15) is 0 Å². The van der Waals surface area contributed by atoms with Gasteiger partial charge in [-0.15, -0.1) is 0 Å². The van der Waals surface area contributed by atoms with Crippen molar-refractivity contribution in [2.75, 3.05) is 0 Å². The van der Waals surface area contributed by atoms with E-state index in [-0.39, 0.29) is 0 Å². The largest absolute Gasteiger partial charge is 0.0622 e. The fourth-order valence-electron chi connectivity index (χ4n) is 15.3. The summed E-state index contributed by atoms with van der Waals surface area (Å²) in [6, 6.07) is 101. The molecule has 0 aliphatic heterocycles. The SMILES string of the molecule is c1ccc(-c2cc3cc4c(cc3cc2-c2ccccc2)-c2ccc3c5ccc6c7c(-c8ccccc8-c8ccccc8)c8cc9c(cc8c(-c8ccccc8)c7c7ccc(c8ccc-4c2c83)c5c76)c2cccc3cccc9c32)cc1. The molecule has 0 fully saturated rings. The quantitative estimate of drug-likeness (QED) is 0.119. The molecule has 0 nitrogen and oxygen atoms in total. The molecule has 80 heavy (non-hydrogen) atoms. The molecule has 19 rings (SSSR count). The van der Waals surface area contributed by atoms with E-state index in [1.165, 1.54) is 196 Å². The second-order valence-electron chi connectivity index (χ2n) is 22.4. The van der Waals surface area contributed by atoms with Crippen molar-refractivity contribution in [1.82, 2.24) is 0 Å². The van der Waals surface area contributed by atoms with Crippen molar-refractivity contribution in [3.63, 3.8) is 0 Å². The molecule has 0 aromatic heterocycles. The van der Waals surface area contributed by atoms with Crippen LogP contribution >= 0.6 is 0 Å². The first-order valence-electron chi connectivity index (χ1n) is 28.1. The Hall–Kier alpha value is -10.4. The summed E-state index contributed by atoms with van der Waals surface area (Å²) in [5, 5.41) is 28.9. The van der Waals surface area contributed by atoms with E-state index >= 15 is 0 Å². The average molecular weight is 1010 g/mol. The fraction of sp³-hybridized carbons (Fsp3) is 0. The van der Waals surface area contributed by atoms with Crippen LogP contribution in [0.5, 0.6) is 0 Å². The van der Waals surface area contributed by atoms with E-state index in [9.17, 15) is 0 Å². The number of rotatable bonds is 5. The lowest BCUT2D eigenvalue weighted by atomic mass is 9.83. The van der Waals surface area contributed by atoms with E-state index in [1.807, 2.05) is 0 Å². The Morgan fingerprint density at radius 3 is 1.04 bits per heavy atom. The lowest BCUT2D eigenvalue weighted by molar-refractivity contribution is 1.60. The van der Waals surface area contributed by atoms with E-state index < -0.39 is 0 Å². The third-order valence-electron chi connectivity index (χ3n) is 18.6. The van der Waals surface area contributed by atoms with Crippen molar-refractivity contribution in [2.24, 2.45) is 0 Å². The Labute approximate surface area is 460 Å². The van der Waals surface area contributed by atoms with Gasteiger partial charge in [0, 0.05) is 0 Å². The van der Waals surface area contributed by atoms with Crippen molar-refractivity contribution >= 4 is 118 Å². The Bertz CT molecular complexity index is 5510. The predicted octanol–water partition coefficient (Wildman–Crippen LogP) is 22.7. The lowest BCUT2D eigenvalue weighted by Gasteiger charge is -2.19. The number of hydrogen-bond donors (Lipinski definition) is 0. The Balaban J connectivity index is 0.929. The third kappa shape index (κ3) is 5.54. The molecule has 0 unspecified atom stereocenters. The second kappa shape index (κ2) is 15.6. The molecule has 18 aromatic carbocycles. The predicted molar refractivity (Wildman–Crippen MR) is 344 cm³/mol. The third-order valence-corrected chi connectivity index (χ3v) is 18.6. The maximum Gasteiger partial charge on any atom is -0.000718 e. The molecule has 1 aliphatic carbocycles. The van der Waals surface area contributed by atoms with Gasteiger partial charge < -0.3 is 0 Å². The lowest BCUT2D eigenvalue weighted by Crippen LogP contribution is -1.92. The maximum atomic E-state index is 2.56. The summed E-state index contributed by atoms with van der Waals surface area (Å²) >= 11 is 0. The summed E-state index contributed by atoms with van der Waals surface area (Å²) in [6.45, 7) is 0. The van der Waals surface area contributed by atoms with Gasteiger partial charge in [-0.25, -0.2) is 0 Å². The van der Waals surface area contributed by atoms with Crippen LogP contribution in [0.15, 0.2) is 267 Å². The summed E-state index contributed by atoms with van der Waals surface area (Å²) in [5.41, 5.74) is 17.8. The van der Waals surface area contributed by atoms with Crippen LogP contribution < -0.4 is 0 Å². The summed E-state index contributed by atoms with van der Waals surface area (Å²) in [7, 11) is 0. The van der Waals surface area contributed by atoms with Gasteiger partial charge in [0.2, 0.25) is 0 Å². The minimum absolute atomic E-state index is 1.22. The van der Waals surface area contributed by atoms with E-state index in [0.29, 0.717) is 0 Å². The van der Waals surface area contributed by atoms with Crippen molar-refractivity contribution in [3.8, 4) is 77.9 Å². The van der Waals surface area contributed by atoms with E-state index in [4.69, 9.17) is 0 Å². The van der Waals surface area contributed by atoms with E-state index in [1.54, 1.807) is 0 Å². The van der Waals surface area contributed by atoms with Crippen LogP contribution in [0.25, 0.3) is 196 Å². The van der Waals surface area contributed by atoms with Gasteiger partial charge in [0.05, 0.1) is 0 Å². The number of fused-ring (bicyclic) bond motifs is 13. The first-order chi connectivity index (χ1) is 39.7. The van der Waals surface area contributed by atoms with E-state index in [2.05, 4.69) is 267 Å². The Morgan fingerprint density at radius 2 is 0.512 bits per heavy atom. The molecule has 0 saturated heterocycles. The molecule has 0 saturated carbocycles. The highest BCUT2D eigenvalue weighted by atomic mass is 14.3. The van der Waals surface area contributed by atoms with Crippen LogP contribution in [0.1, 0.15) is 0 Å². The number of hydrogen-bond acceptors (Lipinski definition) is 0. The van der Waals surface area contributed by atoms with Gasteiger partial charge in [0.1, 0.15) is 0 Å². The normalized spacial score (nSPS) is 12.5. The molecule has 0 heterocycles. The first-order valence-corrected chi connectivity index (χ1v) is 28.1. The van der Waals surface area contributed by atoms with Crippen molar-refractivity contribution in [3.05, 3.63) is 267 Å². The van der Waals surface area contributed by atoms with Crippen LogP contribution in [-0.2, 0) is 0 Å². The summed E-state index contributed by atoms with van der Waals surface area (Å²) < 4.78 is 0. The fourth-order valence-corrected chi connectivity index (χ4v) is 15.3. The van der Waals surface area contributed by atoms with Crippen molar-refractivity contribution in [2.45, 2.75) is 0 Å². The molecule has 0 amide bonds. The van der Waals surface area contributed by atoms with Crippen molar-refractivity contribution in [1.29, 1.82) is 0 Å². The van der Waals surface area contributed by atoms with Gasteiger partial charge in [0.25, 0.3) is 0 Å². The smallest absolute Gasteiger partial charge is 0.000718 e. The zero-order chi connectivity index (χ0) is 51.9. The zero-order valence-corrected chi connectivity index (χ0v) is 43.4. The Morgan fingerprint density at radius 1 is 0.138 bits per heavy atom. The molecule has 18 aromatic rings. The van der Waals surface area contributed by atoms with Crippen LogP contribution in [0.2, 0.25) is 0 Å². The molecule has 0 N–H and O–H groups in total. The van der Waals surface area contributed by atoms with Crippen LogP contribution in [-0.4, -0.2) is 0 Å². The van der Waals surface area contributed by atoms with Gasteiger partial charge in [-0.1, -0.05) is 231 Å². The molecule has 0 atom stereocenters. The highest BCUT2D eigenvalue weighted by Gasteiger charge is 2.30. The molecule has 0 heteroatoms. The minimum atomic E-state index is 1.22. The first kappa shape index (κ1) is 42.7. The topological polar surface area (TPSA) is 0 Å². The van der Waals surface area contributed by atoms with Crippen LogP contribution in [0, 0.1) is 0 Å². The van der Waals surface area contributed by atoms with Gasteiger partial charge in [-0.3, -0.25) is 0 Å². The molecule has 0 bridgehead atoms. The second-order valence-corrected chi connectivity index (χ2v) is 22.4. The van der Waals surface area contributed by atoms with Crippen LogP contribution in [0.4, 0.5) is 0 Å².